The van der Waals surface area contributed by atoms with E-state index < -0.39 is 4.92 Å². The molecule has 0 bridgehead atoms. The molecular formula is C11H17N3O3. The molecule has 0 aliphatic carbocycles. The van der Waals surface area contributed by atoms with E-state index in [1.54, 1.807) is 6.07 Å². The van der Waals surface area contributed by atoms with Crippen LogP contribution in [-0.2, 0) is 4.74 Å². The third kappa shape index (κ3) is 4.28. The highest BCUT2D eigenvalue weighted by Gasteiger charge is 2.07. The van der Waals surface area contributed by atoms with Gasteiger partial charge in [-0.2, -0.15) is 0 Å². The van der Waals surface area contributed by atoms with Crippen molar-refractivity contribution in [3.05, 3.63) is 28.3 Å². The van der Waals surface area contributed by atoms with E-state index in [2.05, 4.69) is 5.32 Å². The van der Waals surface area contributed by atoms with Crippen LogP contribution in [0.25, 0.3) is 0 Å². The first kappa shape index (κ1) is 13.2. The van der Waals surface area contributed by atoms with Crippen LogP contribution in [0.4, 0.5) is 17.1 Å². The Morgan fingerprint density at radius 2 is 2.29 bits per heavy atom. The van der Waals surface area contributed by atoms with Gasteiger partial charge >= 0.3 is 0 Å². The maximum absolute atomic E-state index is 10.5. The summed E-state index contributed by atoms with van der Waals surface area (Å²) in [6.07, 6.45) is 0.865. The number of nitrogen functional groups attached to an aromatic ring is 1. The van der Waals surface area contributed by atoms with Crippen LogP contribution >= 0.6 is 0 Å². The van der Waals surface area contributed by atoms with E-state index in [-0.39, 0.29) is 5.69 Å². The lowest BCUT2D eigenvalue weighted by Gasteiger charge is -2.08. The molecule has 6 nitrogen and oxygen atoms in total. The molecule has 0 aliphatic rings. The van der Waals surface area contributed by atoms with Crippen LogP contribution in [0.1, 0.15) is 13.3 Å². The molecule has 6 heteroatoms. The minimum atomic E-state index is -0.463. The average molecular weight is 239 g/mol. The molecule has 0 amide bonds. The molecule has 0 atom stereocenters. The van der Waals surface area contributed by atoms with Crippen molar-refractivity contribution < 1.29 is 9.66 Å². The largest absolute Gasteiger partial charge is 0.397 e. The van der Waals surface area contributed by atoms with Crippen LogP contribution in [0.5, 0.6) is 0 Å². The fourth-order valence-electron chi connectivity index (χ4n) is 1.37. The van der Waals surface area contributed by atoms with E-state index in [0.29, 0.717) is 24.6 Å². The van der Waals surface area contributed by atoms with Crippen molar-refractivity contribution in [1.29, 1.82) is 0 Å². The summed E-state index contributed by atoms with van der Waals surface area (Å²) < 4.78 is 5.19. The molecule has 0 fully saturated rings. The van der Waals surface area contributed by atoms with Gasteiger partial charge in [0.05, 0.1) is 16.3 Å². The summed E-state index contributed by atoms with van der Waals surface area (Å²) >= 11 is 0. The number of hydrogen-bond donors (Lipinski definition) is 2. The van der Waals surface area contributed by atoms with Crippen molar-refractivity contribution in [1.82, 2.24) is 0 Å². The zero-order chi connectivity index (χ0) is 12.7. The van der Waals surface area contributed by atoms with Gasteiger partial charge in [0.2, 0.25) is 0 Å². The first-order valence-electron chi connectivity index (χ1n) is 5.50. The standard InChI is InChI=1S/C11H17N3O3/c1-2-17-7-3-6-13-11-5-4-9(14(15)16)8-10(11)12/h4-5,8,13H,2-3,6-7,12H2,1H3. The van der Waals surface area contributed by atoms with Gasteiger partial charge in [-0.1, -0.05) is 0 Å². The van der Waals surface area contributed by atoms with Gasteiger partial charge in [0.15, 0.2) is 0 Å². The zero-order valence-corrected chi connectivity index (χ0v) is 9.81. The molecule has 0 radical (unpaired) electrons. The summed E-state index contributed by atoms with van der Waals surface area (Å²) in [5, 5.41) is 13.6. The van der Waals surface area contributed by atoms with Crippen molar-refractivity contribution in [2.24, 2.45) is 0 Å². The highest BCUT2D eigenvalue weighted by Crippen LogP contribution is 2.23. The van der Waals surface area contributed by atoms with E-state index in [4.69, 9.17) is 10.5 Å². The number of non-ortho nitro benzene ring substituents is 1. The highest BCUT2D eigenvalue weighted by atomic mass is 16.6. The number of nitro groups is 1. The molecule has 0 unspecified atom stereocenters. The van der Waals surface area contributed by atoms with E-state index in [9.17, 15) is 10.1 Å². The number of nitrogens with zero attached hydrogens (tertiary/aromatic N) is 1. The number of nitrogens with two attached hydrogens (primary N) is 1. The number of ether oxygens (including phenoxy) is 1. The smallest absolute Gasteiger partial charge is 0.271 e. The molecule has 0 saturated carbocycles. The van der Waals surface area contributed by atoms with Gasteiger partial charge in [-0.15, -0.1) is 0 Å². The SMILES string of the molecule is CCOCCCNc1ccc([N+](=O)[O-])cc1N. The van der Waals surface area contributed by atoms with Crippen molar-refractivity contribution in [2.75, 3.05) is 30.8 Å². The molecule has 0 aliphatic heterocycles. The molecule has 1 aromatic carbocycles. The minimum Gasteiger partial charge on any atom is -0.397 e. The molecule has 0 aromatic heterocycles. The number of benzene rings is 1. The van der Waals surface area contributed by atoms with Gasteiger partial charge in [0, 0.05) is 31.9 Å². The van der Waals surface area contributed by atoms with Crippen molar-refractivity contribution in [3.8, 4) is 0 Å². The van der Waals surface area contributed by atoms with Gasteiger partial charge in [0.1, 0.15) is 0 Å². The van der Waals surface area contributed by atoms with Gasteiger partial charge < -0.3 is 15.8 Å². The maximum atomic E-state index is 10.5. The third-order valence-corrected chi connectivity index (χ3v) is 2.23. The Balaban J connectivity index is 2.46. The lowest BCUT2D eigenvalue weighted by atomic mass is 10.2. The Morgan fingerprint density at radius 1 is 1.53 bits per heavy atom. The van der Waals surface area contributed by atoms with Crippen LogP contribution < -0.4 is 11.1 Å². The third-order valence-electron chi connectivity index (χ3n) is 2.23. The van der Waals surface area contributed by atoms with Crippen molar-refractivity contribution >= 4 is 17.1 Å². The zero-order valence-electron chi connectivity index (χ0n) is 9.81. The molecule has 3 N–H and O–H groups in total. The first-order valence-corrected chi connectivity index (χ1v) is 5.50. The first-order chi connectivity index (χ1) is 8.15. The lowest BCUT2D eigenvalue weighted by Crippen LogP contribution is -2.07. The van der Waals surface area contributed by atoms with Crippen molar-refractivity contribution in [3.63, 3.8) is 0 Å². The summed E-state index contributed by atoms with van der Waals surface area (Å²) in [5.41, 5.74) is 6.80. The molecule has 94 valence electrons. The minimum absolute atomic E-state index is 0.00219. The van der Waals surface area contributed by atoms with Gasteiger partial charge in [-0.3, -0.25) is 10.1 Å². The second-order valence-electron chi connectivity index (χ2n) is 3.51. The Labute approximate surface area is 99.9 Å². The predicted molar refractivity (Wildman–Crippen MR) is 67.1 cm³/mol. The molecular weight excluding hydrogens is 222 g/mol. The number of rotatable bonds is 7. The van der Waals surface area contributed by atoms with E-state index in [1.165, 1.54) is 12.1 Å². The molecule has 0 heterocycles. The second-order valence-corrected chi connectivity index (χ2v) is 3.51. The summed E-state index contributed by atoms with van der Waals surface area (Å²) in [7, 11) is 0. The summed E-state index contributed by atoms with van der Waals surface area (Å²) in [5.74, 6) is 0. The Morgan fingerprint density at radius 3 is 2.88 bits per heavy atom. The van der Waals surface area contributed by atoms with Crippen LogP contribution in [0.15, 0.2) is 18.2 Å². The van der Waals surface area contributed by atoms with Gasteiger partial charge in [0.25, 0.3) is 5.69 Å². The molecule has 0 spiro atoms. The lowest BCUT2D eigenvalue weighted by molar-refractivity contribution is -0.384. The fourth-order valence-corrected chi connectivity index (χ4v) is 1.37. The summed E-state index contributed by atoms with van der Waals surface area (Å²) in [6.45, 7) is 4.07. The molecule has 0 saturated heterocycles. The van der Waals surface area contributed by atoms with E-state index >= 15 is 0 Å². The quantitative estimate of drug-likeness (QED) is 0.329. The Kier molecular flexibility index (Phi) is 5.22. The number of nitro benzene ring substituents is 1. The number of anilines is 2. The van der Waals surface area contributed by atoms with Crippen LogP contribution in [0, 0.1) is 10.1 Å². The second kappa shape index (κ2) is 6.70. The van der Waals surface area contributed by atoms with Gasteiger partial charge in [-0.05, 0) is 19.4 Å². The molecule has 1 rings (SSSR count). The van der Waals surface area contributed by atoms with Crippen LogP contribution in [-0.4, -0.2) is 24.7 Å². The number of hydrogen-bond acceptors (Lipinski definition) is 5. The summed E-state index contributed by atoms with van der Waals surface area (Å²) in [4.78, 5) is 10.0. The predicted octanol–water partition coefficient (Wildman–Crippen LogP) is 2.02. The Bertz CT molecular complexity index is 382. The molecule has 17 heavy (non-hydrogen) atoms. The number of nitrogens with one attached hydrogen (secondary N) is 1. The maximum Gasteiger partial charge on any atom is 0.271 e. The monoisotopic (exact) mass is 239 g/mol. The topological polar surface area (TPSA) is 90.4 Å². The normalized spacial score (nSPS) is 10.2. The van der Waals surface area contributed by atoms with Crippen molar-refractivity contribution in [2.45, 2.75) is 13.3 Å². The van der Waals surface area contributed by atoms with E-state index in [0.717, 1.165) is 13.0 Å². The van der Waals surface area contributed by atoms with Gasteiger partial charge in [-0.25, -0.2) is 0 Å². The fraction of sp³-hybridized carbons (Fsp3) is 0.455. The average Bonchev–Trinajstić information content (AvgIpc) is 2.30. The Hall–Kier alpha value is -1.82. The van der Waals surface area contributed by atoms with Crippen LogP contribution in [0.2, 0.25) is 0 Å². The summed E-state index contributed by atoms with van der Waals surface area (Å²) in [6, 6.07) is 4.40. The highest BCUT2D eigenvalue weighted by molar-refractivity contribution is 5.69. The van der Waals surface area contributed by atoms with E-state index in [1.807, 2.05) is 6.92 Å². The molecule has 1 aromatic rings. The van der Waals surface area contributed by atoms with Crippen LogP contribution in [0.3, 0.4) is 0 Å².